The topological polar surface area (TPSA) is 53.9 Å². The SMILES string of the molecule is CC1CN(Cc2ccccc2)CC1Nc1nnc(-c2ccccn2)s1. The molecule has 4 rings (SSSR count). The van der Waals surface area contributed by atoms with Crippen LogP contribution in [0.15, 0.2) is 54.7 Å². The molecule has 0 radical (unpaired) electrons. The molecule has 0 amide bonds. The van der Waals surface area contributed by atoms with Gasteiger partial charge in [-0.15, -0.1) is 10.2 Å². The van der Waals surface area contributed by atoms with Crippen LogP contribution in [0, 0.1) is 5.92 Å². The third kappa shape index (κ3) is 3.86. The maximum atomic E-state index is 4.34. The average molecular weight is 351 g/mol. The largest absolute Gasteiger partial charge is 0.356 e. The minimum Gasteiger partial charge on any atom is -0.356 e. The van der Waals surface area contributed by atoms with Crippen LogP contribution >= 0.6 is 11.3 Å². The average Bonchev–Trinajstić information content (AvgIpc) is 3.24. The van der Waals surface area contributed by atoms with Gasteiger partial charge in [0.25, 0.3) is 0 Å². The summed E-state index contributed by atoms with van der Waals surface area (Å²) in [4.78, 5) is 6.84. The van der Waals surface area contributed by atoms with E-state index in [2.05, 4.69) is 62.7 Å². The summed E-state index contributed by atoms with van der Waals surface area (Å²) < 4.78 is 0. The van der Waals surface area contributed by atoms with Crippen molar-refractivity contribution < 1.29 is 0 Å². The molecule has 3 aromatic rings. The lowest BCUT2D eigenvalue weighted by Crippen LogP contribution is -2.27. The van der Waals surface area contributed by atoms with Crippen LogP contribution < -0.4 is 5.32 Å². The lowest BCUT2D eigenvalue weighted by atomic mass is 10.1. The summed E-state index contributed by atoms with van der Waals surface area (Å²) in [6.07, 6.45) is 1.78. The fourth-order valence-corrected chi connectivity index (χ4v) is 4.04. The van der Waals surface area contributed by atoms with Crippen LogP contribution in [0.3, 0.4) is 0 Å². The molecule has 6 heteroatoms. The Hall–Kier alpha value is -2.31. The number of nitrogens with one attached hydrogen (secondary N) is 1. The first-order chi connectivity index (χ1) is 12.3. The zero-order valence-corrected chi connectivity index (χ0v) is 15.0. The van der Waals surface area contributed by atoms with E-state index in [4.69, 9.17) is 0 Å². The van der Waals surface area contributed by atoms with E-state index in [1.165, 1.54) is 5.56 Å². The van der Waals surface area contributed by atoms with E-state index < -0.39 is 0 Å². The lowest BCUT2D eigenvalue weighted by Gasteiger charge is -2.16. The molecule has 0 bridgehead atoms. The van der Waals surface area contributed by atoms with Gasteiger partial charge in [-0.25, -0.2) is 0 Å². The van der Waals surface area contributed by atoms with Gasteiger partial charge in [0.2, 0.25) is 5.13 Å². The number of hydrogen-bond acceptors (Lipinski definition) is 6. The summed E-state index contributed by atoms with van der Waals surface area (Å²) in [5, 5.41) is 13.9. The summed E-state index contributed by atoms with van der Waals surface area (Å²) in [5.74, 6) is 0.575. The normalized spacial score (nSPS) is 20.7. The zero-order valence-electron chi connectivity index (χ0n) is 14.2. The van der Waals surface area contributed by atoms with Crippen LogP contribution in [0.5, 0.6) is 0 Å². The lowest BCUT2D eigenvalue weighted by molar-refractivity contribution is 0.319. The Balaban J connectivity index is 1.39. The fourth-order valence-electron chi connectivity index (χ4n) is 3.26. The molecule has 128 valence electrons. The molecule has 0 aliphatic carbocycles. The molecule has 1 fully saturated rings. The molecule has 0 saturated carbocycles. The van der Waals surface area contributed by atoms with E-state index >= 15 is 0 Å². The summed E-state index contributed by atoms with van der Waals surface area (Å²) in [6, 6.07) is 16.9. The number of benzene rings is 1. The molecule has 1 N–H and O–H groups in total. The van der Waals surface area contributed by atoms with E-state index in [1.54, 1.807) is 17.5 Å². The van der Waals surface area contributed by atoms with Crippen LogP contribution in [0.25, 0.3) is 10.7 Å². The van der Waals surface area contributed by atoms with Crippen LogP contribution in [-0.4, -0.2) is 39.2 Å². The number of anilines is 1. The Morgan fingerprint density at radius 1 is 1.08 bits per heavy atom. The highest BCUT2D eigenvalue weighted by molar-refractivity contribution is 7.18. The molecule has 1 saturated heterocycles. The minimum atomic E-state index is 0.397. The Morgan fingerprint density at radius 3 is 2.72 bits per heavy atom. The third-order valence-corrected chi connectivity index (χ3v) is 5.43. The predicted octanol–water partition coefficient (Wildman–Crippen LogP) is 3.53. The van der Waals surface area contributed by atoms with Crippen molar-refractivity contribution in [2.45, 2.75) is 19.5 Å². The summed E-state index contributed by atoms with van der Waals surface area (Å²) >= 11 is 1.57. The van der Waals surface area contributed by atoms with Crippen molar-refractivity contribution in [3.05, 3.63) is 60.3 Å². The highest BCUT2D eigenvalue weighted by Crippen LogP contribution is 2.28. The van der Waals surface area contributed by atoms with Gasteiger partial charge in [0, 0.05) is 31.9 Å². The molecule has 5 nitrogen and oxygen atoms in total. The smallest absolute Gasteiger partial charge is 0.206 e. The number of aromatic nitrogens is 3. The Labute approximate surface area is 151 Å². The van der Waals surface area contributed by atoms with Gasteiger partial charge < -0.3 is 5.32 Å². The van der Waals surface area contributed by atoms with Gasteiger partial charge in [-0.3, -0.25) is 9.88 Å². The Bertz CT molecular complexity index is 805. The summed E-state index contributed by atoms with van der Waals surface area (Å²) in [5.41, 5.74) is 2.24. The van der Waals surface area contributed by atoms with Gasteiger partial charge in [-0.1, -0.05) is 54.7 Å². The van der Waals surface area contributed by atoms with Crippen molar-refractivity contribution in [1.29, 1.82) is 0 Å². The Kier molecular flexibility index (Phi) is 4.72. The monoisotopic (exact) mass is 351 g/mol. The van der Waals surface area contributed by atoms with E-state index in [-0.39, 0.29) is 0 Å². The molecular formula is C19H21N5S. The van der Waals surface area contributed by atoms with Gasteiger partial charge in [0.1, 0.15) is 5.69 Å². The van der Waals surface area contributed by atoms with Crippen molar-refractivity contribution in [1.82, 2.24) is 20.1 Å². The minimum absolute atomic E-state index is 0.397. The molecule has 1 aliphatic heterocycles. The van der Waals surface area contributed by atoms with E-state index in [9.17, 15) is 0 Å². The quantitative estimate of drug-likeness (QED) is 0.762. The summed E-state index contributed by atoms with van der Waals surface area (Å²) in [6.45, 7) is 5.41. The number of likely N-dealkylation sites (tertiary alicyclic amines) is 1. The molecule has 1 aromatic carbocycles. The van der Waals surface area contributed by atoms with Crippen LogP contribution in [-0.2, 0) is 6.54 Å². The van der Waals surface area contributed by atoms with Crippen LogP contribution in [0.1, 0.15) is 12.5 Å². The first kappa shape index (κ1) is 16.2. The first-order valence-electron chi connectivity index (χ1n) is 8.55. The molecule has 2 atom stereocenters. The van der Waals surface area contributed by atoms with Crippen molar-refractivity contribution in [2.24, 2.45) is 5.92 Å². The number of hydrogen-bond donors (Lipinski definition) is 1. The fraction of sp³-hybridized carbons (Fsp3) is 0.316. The maximum Gasteiger partial charge on any atom is 0.206 e. The van der Waals surface area contributed by atoms with E-state index in [0.29, 0.717) is 12.0 Å². The van der Waals surface area contributed by atoms with Gasteiger partial charge in [-0.2, -0.15) is 0 Å². The van der Waals surface area contributed by atoms with Gasteiger partial charge in [0.05, 0.1) is 0 Å². The second kappa shape index (κ2) is 7.29. The van der Waals surface area contributed by atoms with Crippen molar-refractivity contribution in [3.8, 4) is 10.7 Å². The highest BCUT2D eigenvalue weighted by atomic mass is 32.1. The molecule has 1 aliphatic rings. The number of nitrogens with zero attached hydrogens (tertiary/aromatic N) is 4. The number of pyridine rings is 1. The van der Waals surface area contributed by atoms with Gasteiger partial charge in [-0.05, 0) is 23.6 Å². The third-order valence-electron chi connectivity index (χ3n) is 4.55. The second-order valence-corrected chi connectivity index (χ2v) is 7.51. The van der Waals surface area contributed by atoms with Crippen molar-refractivity contribution in [3.63, 3.8) is 0 Å². The maximum absolute atomic E-state index is 4.34. The van der Waals surface area contributed by atoms with Gasteiger partial charge >= 0.3 is 0 Å². The van der Waals surface area contributed by atoms with Crippen LogP contribution in [0.2, 0.25) is 0 Å². The highest BCUT2D eigenvalue weighted by Gasteiger charge is 2.30. The molecular weight excluding hydrogens is 330 g/mol. The first-order valence-corrected chi connectivity index (χ1v) is 9.37. The summed E-state index contributed by atoms with van der Waals surface area (Å²) in [7, 11) is 0. The van der Waals surface area contributed by atoms with E-state index in [1.807, 2.05) is 18.2 Å². The molecule has 2 aromatic heterocycles. The van der Waals surface area contributed by atoms with Crippen LogP contribution in [0.4, 0.5) is 5.13 Å². The predicted molar refractivity (Wildman–Crippen MR) is 101 cm³/mol. The van der Waals surface area contributed by atoms with Crippen molar-refractivity contribution >= 4 is 16.5 Å². The molecule has 0 spiro atoms. The molecule has 25 heavy (non-hydrogen) atoms. The Morgan fingerprint density at radius 2 is 1.92 bits per heavy atom. The standard InChI is InChI=1S/C19H21N5S/c1-14-11-24(12-15-7-3-2-4-8-15)13-17(14)21-19-23-22-18(25-19)16-9-5-6-10-20-16/h2-10,14,17H,11-13H2,1H3,(H,21,23). The second-order valence-electron chi connectivity index (χ2n) is 6.54. The molecule has 2 unspecified atom stereocenters. The van der Waals surface area contributed by atoms with Gasteiger partial charge in [0.15, 0.2) is 5.01 Å². The zero-order chi connectivity index (χ0) is 17.1. The molecule has 3 heterocycles. The van der Waals surface area contributed by atoms with E-state index in [0.717, 1.165) is 35.5 Å². The number of rotatable bonds is 5. The van der Waals surface area contributed by atoms with Crippen molar-refractivity contribution in [2.75, 3.05) is 18.4 Å².